The van der Waals surface area contributed by atoms with Crippen molar-refractivity contribution >= 4 is 22.5 Å². The predicted molar refractivity (Wildman–Crippen MR) is 205 cm³/mol. The van der Waals surface area contributed by atoms with E-state index in [1.54, 1.807) is 33.4 Å². The Hall–Kier alpha value is -1.57. The zero-order valence-electron chi connectivity index (χ0n) is 31.8. The van der Waals surface area contributed by atoms with Crippen LogP contribution < -0.4 is 30.0 Å². The van der Waals surface area contributed by atoms with Crippen molar-refractivity contribution in [1.82, 2.24) is 0 Å². The molecule has 3 aromatic carbocycles. The van der Waals surface area contributed by atoms with Crippen LogP contribution in [0, 0.1) is 46.3 Å². The van der Waals surface area contributed by atoms with Crippen molar-refractivity contribution in [2.75, 3.05) is 0 Å². The number of hydrogen-bond acceptors (Lipinski definition) is 0. The van der Waals surface area contributed by atoms with Gasteiger partial charge in [-0.3, -0.25) is 0 Å². The second-order valence-electron chi connectivity index (χ2n) is 16.3. The summed E-state index contributed by atoms with van der Waals surface area (Å²) in [5, 5.41) is 1.56. The Bertz CT molecular complexity index is 1660. The number of rotatable bonds is 3. The number of hydrogen-bond donors (Lipinski definition) is 0. The second-order valence-corrected chi connectivity index (χ2v) is 22.4. The summed E-state index contributed by atoms with van der Waals surface area (Å²) >= 11 is 1.51. The van der Waals surface area contributed by atoms with E-state index in [1.807, 2.05) is 6.07 Å². The fourth-order valence-corrected chi connectivity index (χ4v) is 11.2. The molecule has 7 atom stereocenters. The van der Waals surface area contributed by atoms with Gasteiger partial charge >= 0.3 is 70.3 Å². The van der Waals surface area contributed by atoms with Crippen LogP contribution in [0.2, 0.25) is 19.6 Å². The summed E-state index contributed by atoms with van der Waals surface area (Å²) in [7, 11) is -0.981. The molecule has 1 saturated carbocycles. The van der Waals surface area contributed by atoms with Crippen molar-refractivity contribution in [3.05, 3.63) is 130 Å². The maximum absolute atomic E-state index is 2.63. The average molecular weight is 789 g/mol. The molecule has 0 nitrogen and oxygen atoms in total. The fraction of sp³-hybridized carbons (Fsp3) is 0.444. The molecule has 0 spiro atoms. The third-order valence-electron chi connectivity index (χ3n) is 13.2. The van der Waals surface area contributed by atoms with Crippen molar-refractivity contribution in [2.24, 2.45) is 40.4 Å². The van der Waals surface area contributed by atoms with Gasteiger partial charge in [0.05, 0.1) is 0 Å². The number of benzene rings is 2. The summed E-state index contributed by atoms with van der Waals surface area (Å²) in [6.07, 6.45) is 7.24. The van der Waals surface area contributed by atoms with Gasteiger partial charge in [-0.15, -0.1) is 6.92 Å². The van der Waals surface area contributed by atoms with E-state index in [2.05, 4.69) is 164 Å². The van der Waals surface area contributed by atoms with Crippen molar-refractivity contribution in [3.8, 4) is 0 Å². The zero-order chi connectivity index (χ0) is 34.3. The van der Waals surface area contributed by atoms with Crippen molar-refractivity contribution in [1.29, 1.82) is 0 Å². The van der Waals surface area contributed by atoms with E-state index in [0.29, 0.717) is 29.6 Å². The van der Waals surface area contributed by atoms with Gasteiger partial charge in [-0.25, -0.2) is 17.2 Å². The van der Waals surface area contributed by atoms with E-state index in [9.17, 15) is 0 Å². The quantitative estimate of drug-likeness (QED) is 0.253. The van der Waals surface area contributed by atoms with Gasteiger partial charge in [0, 0.05) is 13.5 Å². The van der Waals surface area contributed by atoms with Crippen LogP contribution >= 0.6 is 0 Å². The SMILES string of the molecule is C[C-]1C2=C3Cc4ccccc4C3=C3C=CC(C)C(C)C3(C)C2(C)C(C)C(C)C1C.C[Si](C)(C)c1cc[cH-]c1.[Cl-].[Cl-].[Zr+2]=[CH]Cc1ccccc1. The van der Waals surface area contributed by atoms with E-state index >= 15 is 0 Å². The Morgan fingerprint density at radius 2 is 1.51 bits per heavy atom. The second kappa shape index (κ2) is 16.4. The predicted octanol–water partition coefficient (Wildman–Crippen LogP) is 5.21. The Morgan fingerprint density at radius 3 is 2.08 bits per heavy atom. The molecule has 0 aromatic heterocycles. The van der Waals surface area contributed by atoms with Gasteiger partial charge in [-0.1, -0.05) is 134 Å². The molecule has 7 rings (SSSR count). The number of fused-ring (bicyclic) bond motifs is 6. The molecule has 0 heterocycles. The molecule has 0 amide bonds. The van der Waals surface area contributed by atoms with E-state index in [1.165, 1.54) is 40.9 Å². The summed E-state index contributed by atoms with van der Waals surface area (Å²) in [5.41, 5.74) is 11.3. The van der Waals surface area contributed by atoms with E-state index in [4.69, 9.17) is 0 Å². The Labute approximate surface area is 327 Å². The topological polar surface area (TPSA) is 0 Å². The molecule has 0 aliphatic heterocycles. The molecule has 0 radical (unpaired) electrons. The molecular formula is C45H58Cl2SiZr-2. The van der Waals surface area contributed by atoms with Crippen molar-refractivity contribution in [2.45, 2.75) is 87.9 Å². The fourth-order valence-electron chi connectivity index (χ4n) is 9.44. The summed E-state index contributed by atoms with van der Waals surface area (Å²) < 4.78 is 2.25. The first-order valence-corrected chi connectivity index (χ1v) is 23.0. The standard InChI is InChI=1S/C29H37.C8H13Si.C8H8.2ClH.Zr/c1-16-13-14-25-26-23-12-10-9-11-22(23)15-24(26)27-19(4)17(2)18(3)21(6)29(27,8)28(25,7)20(16)5;1-9(2,3)8-6-4-5-7-8;1-2-8-6-4-3-5-7-8;;;/h9-14,16-18,20-21H,15H2,1-8H3;4-7H,1-3H3;1,3-7H,2H2;2*1H;/q2*-1;;;;+2/p-2. The normalized spacial score (nSPS) is 29.4. The summed E-state index contributed by atoms with van der Waals surface area (Å²) in [4.78, 5) is 0. The van der Waals surface area contributed by atoms with Gasteiger partial charge in [0.1, 0.15) is 0 Å². The maximum atomic E-state index is 2.63. The molecule has 4 aliphatic rings. The first kappa shape index (κ1) is 41.8. The third kappa shape index (κ3) is 7.38. The summed E-state index contributed by atoms with van der Waals surface area (Å²) in [5.74, 6) is 4.93. The van der Waals surface area contributed by atoms with Crippen LogP contribution in [0.1, 0.15) is 72.1 Å². The first-order chi connectivity index (χ1) is 22.2. The van der Waals surface area contributed by atoms with Gasteiger partial charge in [-0.2, -0.15) is 29.3 Å². The van der Waals surface area contributed by atoms with Crippen LogP contribution in [-0.2, 0) is 37.1 Å². The van der Waals surface area contributed by atoms with E-state index in [-0.39, 0.29) is 35.6 Å². The van der Waals surface area contributed by atoms with Crippen LogP contribution in [-0.4, -0.2) is 11.8 Å². The van der Waals surface area contributed by atoms with Gasteiger partial charge in [0.2, 0.25) is 0 Å². The summed E-state index contributed by atoms with van der Waals surface area (Å²) in [6, 6.07) is 28.4. The average Bonchev–Trinajstić information content (AvgIpc) is 3.73. The molecule has 0 N–H and O–H groups in total. The first-order valence-electron chi connectivity index (χ1n) is 18.0. The van der Waals surface area contributed by atoms with Crippen LogP contribution in [0.4, 0.5) is 0 Å². The monoisotopic (exact) mass is 786 g/mol. The molecule has 49 heavy (non-hydrogen) atoms. The van der Waals surface area contributed by atoms with Crippen LogP contribution in [0.25, 0.3) is 5.57 Å². The molecular weight excluding hydrogens is 731 g/mol. The van der Waals surface area contributed by atoms with Gasteiger partial charge in [0.25, 0.3) is 0 Å². The molecule has 0 bridgehead atoms. The third-order valence-corrected chi connectivity index (χ3v) is 15.8. The van der Waals surface area contributed by atoms with Gasteiger partial charge in [-0.05, 0) is 34.7 Å². The van der Waals surface area contributed by atoms with Crippen LogP contribution in [0.15, 0.2) is 108 Å². The number of halogens is 2. The number of allylic oxidation sites excluding steroid dienone is 6. The Balaban J connectivity index is 0.000000268. The zero-order valence-corrected chi connectivity index (χ0v) is 36.8. The molecule has 4 aliphatic carbocycles. The Kier molecular flexibility index (Phi) is 14.0. The van der Waals surface area contributed by atoms with Gasteiger partial charge in [0.15, 0.2) is 0 Å². The van der Waals surface area contributed by atoms with E-state index < -0.39 is 8.07 Å². The van der Waals surface area contributed by atoms with Gasteiger partial charge < -0.3 is 24.8 Å². The minimum atomic E-state index is -0.981. The van der Waals surface area contributed by atoms with Crippen molar-refractivity contribution < 1.29 is 49.0 Å². The molecule has 1 fully saturated rings. The van der Waals surface area contributed by atoms with Crippen LogP contribution in [0.5, 0.6) is 0 Å². The molecule has 0 saturated heterocycles. The molecule has 4 heteroatoms. The molecule has 3 aromatic rings. The van der Waals surface area contributed by atoms with Crippen molar-refractivity contribution in [3.63, 3.8) is 0 Å². The molecule has 262 valence electrons. The van der Waals surface area contributed by atoms with E-state index in [0.717, 1.165) is 12.8 Å². The minimum absolute atomic E-state index is 0. The Morgan fingerprint density at radius 1 is 0.878 bits per heavy atom. The van der Waals surface area contributed by atoms with Crippen LogP contribution in [0.3, 0.4) is 0 Å². The summed E-state index contributed by atoms with van der Waals surface area (Å²) in [6.45, 7) is 27.3. The molecule has 7 unspecified atom stereocenters.